The molecule has 1 aliphatic heterocycles. The second-order valence-electron chi connectivity index (χ2n) is 6.18. The molecule has 0 bridgehead atoms. The number of aryl methyl sites for hydroxylation is 2. The lowest BCUT2D eigenvalue weighted by atomic mass is 9.79. The Morgan fingerprint density at radius 2 is 2.20 bits per heavy atom. The highest BCUT2D eigenvalue weighted by Gasteiger charge is 2.36. The van der Waals surface area contributed by atoms with Crippen LogP contribution in [0.25, 0.3) is 0 Å². The standard InChI is InChI=1S/C15H24N2O2.ClH/c1-5-11-10(2)8-12(19-11)14(18)17-7-6-13(16)15(3,4)9-17;/h8,13H,5-7,9,16H2,1-4H3;1H. The molecule has 2 rings (SSSR count). The number of likely N-dealkylation sites (tertiary alicyclic amines) is 1. The lowest BCUT2D eigenvalue weighted by Gasteiger charge is -2.42. The van der Waals surface area contributed by atoms with Crippen molar-refractivity contribution in [3.8, 4) is 0 Å². The number of piperidine rings is 1. The number of furan rings is 1. The molecule has 0 radical (unpaired) electrons. The van der Waals surface area contributed by atoms with Crippen LogP contribution in [0.2, 0.25) is 0 Å². The van der Waals surface area contributed by atoms with Crippen LogP contribution in [0.5, 0.6) is 0 Å². The van der Waals surface area contributed by atoms with E-state index < -0.39 is 0 Å². The van der Waals surface area contributed by atoms with E-state index in [0.29, 0.717) is 18.8 Å². The predicted molar refractivity (Wildman–Crippen MR) is 82.3 cm³/mol. The molecule has 2 N–H and O–H groups in total. The van der Waals surface area contributed by atoms with Crippen LogP contribution in [-0.4, -0.2) is 29.9 Å². The Kier molecular flexibility index (Phi) is 5.27. The lowest BCUT2D eigenvalue weighted by molar-refractivity contribution is 0.0502. The summed E-state index contributed by atoms with van der Waals surface area (Å²) in [5, 5.41) is 0. The molecule has 1 fully saturated rings. The van der Waals surface area contributed by atoms with E-state index in [-0.39, 0.29) is 29.8 Å². The molecule has 2 heterocycles. The first-order valence-corrected chi connectivity index (χ1v) is 6.99. The Bertz CT molecular complexity index is 482. The zero-order chi connectivity index (χ0) is 14.2. The number of nitrogens with zero attached hydrogens (tertiary/aromatic N) is 1. The van der Waals surface area contributed by atoms with E-state index in [2.05, 4.69) is 13.8 Å². The van der Waals surface area contributed by atoms with Gasteiger partial charge in [0.15, 0.2) is 5.76 Å². The molecule has 0 spiro atoms. The molecule has 114 valence electrons. The average Bonchev–Trinajstić information content (AvgIpc) is 2.73. The minimum Gasteiger partial charge on any atom is -0.456 e. The molecule has 0 saturated carbocycles. The predicted octanol–water partition coefficient (Wildman–Crippen LogP) is 2.77. The molecule has 1 saturated heterocycles. The van der Waals surface area contributed by atoms with Crippen LogP contribution in [0.4, 0.5) is 0 Å². The van der Waals surface area contributed by atoms with Crippen molar-refractivity contribution in [3.05, 3.63) is 23.2 Å². The summed E-state index contributed by atoms with van der Waals surface area (Å²) >= 11 is 0. The normalized spacial score (nSPS) is 21.4. The van der Waals surface area contributed by atoms with Gasteiger partial charge in [-0.2, -0.15) is 0 Å². The van der Waals surface area contributed by atoms with Gasteiger partial charge in [-0.1, -0.05) is 20.8 Å². The minimum atomic E-state index is -0.0386. The van der Waals surface area contributed by atoms with Crippen LogP contribution in [-0.2, 0) is 6.42 Å². The first-order valence-electron chi connectivity index (χ1n) is 6.99. The summed E-state index contributed by atoms with van der Waals surface area (Å²) < 4.78 is 5.65. The Labute approximate surface area is 127 Å². The maximum atomic E-state index is 12.5. The van der Waals surface area contributed by atoms with Gasteiger partial charge in [-0.3, -0.25) is 4.79 Å². The van der Waals surface area contributed by atoms with Crippen molar-refractivity contribution in [1.82, 2.24) is 4.90 Å². The molecule has 0 aromatic carbocycles. The largest absolute Gasteiger partial charge is 0.456 e. The van der Waals surface area contributed by atoms with Gasteiger partial charge in [0.25, 0.3) is 5.91 Å². The molecule has 1 aliphatic rings. The molecule has 0 aliphatic carbocycles. The van der Waals surface area contributed by atoms with Gasteiger partial charge in [0.1, 0.15) is 5.76 Å². The Morgan fingerprint density at radius 1 is 1.55 bits per heavy atom. The number of rotatable bonds is 2. The number of amides is 1. The van der Waals surface area contributed by atoms with Crippen molar-refractivity contribution in [2.75, 3.05) is 13.1 Å². The van der Waals surface area contributed by atoms with Gasteiger partial charge < -0.3 is 15.1 Å². The van der Waals surface area contributed by atoms with Crippen molar-refractivity contribution in [3.63, 3.8) is 0 Å². The van der Waals surface area contributed by atoms with Crippen LogP contribution in [0.3, 0.4) is 0 Å². The summed E-state index contributed by atoms with van der Waals surface area (Å²) in [6.07, 6.45) is 1.66. The molecule has 1 aromatic heterocycles. The Morgan fingerprint density at radius 3 is 2.70 bits per heavy atom. The summed E-state index contributed by atoms with van der Waals surface area (Å²) in [5.74, 6) is 1.35. The maximum Gasteiger partial charge on any atom is 0.289 e. The van der Waals surface area contributed by atoms with Gasteiger partial charge in [-0.25, -0.2) is 0 Å². The highest BCUT2D eigenvalue weighted by molar-refractivity contribution is 5.92. The third-order valence-electron chi connectivity index (χ3n) is 4.15. The second kappa shape index (κ2) is 6.19. The summed E-state index contributed by atoms with van der Waals surface area (Å²) in [6, 6.07) is 2.00. The van der Waals surface area contributed by atoms with E-state index in [4.69, 9.17) is 10.2 Å². The number of halogens is 1. The van der Waals surface area contributed by atoms with E-state index >= 15 is 0 Å². The van der Waals surface area contributed by atoms with Crippen molar-refractivity contribution < 1.29 is 9.21 Å². The number of nitrogens with two attached hydrogens (primary N) is 1. The SMILES string of the molecule is CCc1oc(C(=O)N2CCC(N)C(C)(C)C2)cc1C.Cl. The van der Waals surface area contributed by atoms with Gasteiger partial charge in [0.2, 0.25) is 0 Å². The van der Waals surface area contributed by atoms with Crippen LogP contribution >= 0.6 is 12.4 Å². The molecule has 20 heavy (non-hydrogen) atoms. The molecule has 1 aromatic rings. The van der Waals surface area contributed by atoms with Gasteiger partial charge in [0, 0.05) is 25.6 Å². The fourth-order valence-corrected chi connectivity index (χ4v) is 2.68. The average molecular weight is 301 g/mol. The highest BCUT2D eigenvalue weighted by Crippen LogP contribution is 2.29. The van der Waals surface area contributed by atoms with E-state index in [9.17, 15) is 4.79 Å². The van der Waals surface area contributed by atoms with Crippen LogP contribution in [0, 0.1) is 12.3 Å². The van der Waals surface area contributed by atoms with Crippen LogP contribution in [0.15, 0.2) is 10.5 Å². The summed E-state index contributed by atoms with van der Waals surface area (Å²) in [4.78, 5) is 14.3. The zero-order valence-electron chi connectivity index (χ0n) is 12.7. The molecule has 1 atom stereocenters. The topological polar surface area (TPSA) is 59.5 Å². The lowest BCUT2D eigenvalue weighted by Crippen LogP contribution is -2.53. The number of carbonyl (C=O) groups excluding carboxylic acids is 1. The molecule has 5 heteroatoms. The number of hydrogen-bond donors (Lipinski definition) is 1. The Hall–Kier alpha value is -1.00. The summed E-state index contributed by atoms with van der Waals surface area (Å²) in [5.41, 5.74) is 7.12. The van der Waals surface area contributed by atoms with Gasteiger partial charge in [0.05, 0.1) is 0 Å². The molecule has 1 amide bonds. The third-order valence-corrected chi connectivity index (χ3v) is 4.15. The van der Waals surface area contributed by atoms with E-state index in [1.54, 1.807) is 0 Å². The number of carbonyl (C=O) groups is 1. The zero-order valence-corrected chi connectivity index (χ0v) is 13.5. The van der Waals surface area contributed by atoms with Crippen LogP contribution < -0.4 is 5.73 Å². The van der Waals surface area contributed by atoms with Crippen molar-refractivity contribution in [2.24, 2.45) is 11.1 Å². The van der Waals surface area contributed by atoms with Gasteiger partial charge >= 0.3 is 0 Å². The minimum absolute atomic E-state index is 0. The fourth-order valence-electron chi connectivity index (χ4n) is 2.68. The van der Waals surface area contributed by atoms with Crippen molar-refractivity contribution in [2.45, 2.75) is 46.6 Å². The van der Waals surface area contributed by atoms with E-state index in [1.807, 2.05) is 24.8 Å². The van der Waals surface area contributed by atoms with Crippen molar-refractivity contribution >= 4 is 18.3 Å². The smallest absolute Gasteiger partial charge is 0.289 e. The molecular formula is C15H25ClN2O2. The fraction of sp³-hybridized carbons (Fsp3) is 0.667. The van der Waals surface area contributed by atoms with Crippen LogP contribution in [0.1, 0.15) is 49.1 Å². The second-order valence-corrected chi connectivity index (χ2v) is 6.18. The van der Waals surface area contributed by atoms with E-state index in [0.717, 1.165) is 24.2 Å². The third kappa shape index (κ3) is 3.18. The first kappa shape index (κ1) is 17.1. The first-order chi connectivity index (χ1) is 8.85. The van der Waals surface area contributed by atoms with E-state index in [1.165, 1.54) is 0 Å². The van der Waals surface area contributed by atoms with Gasteiger partial charge in [-0.15, -0.1) is 12.4 Å². The molecule has 4 nitrogen and oxygen atoms in total. The summed E-state index contributed by atoms with van der Waals surface area (Å²) in [6.45, 7) is 9.64. The van der Waals surface area contributed by atoms with Crippen molar-refractivity contribution in [1.29, 1.82) is 0 Å². The monoisotopic (exact) mass is 300 g/mol. The Balaban J connectivity index is 0.00000200. The van der Waals surface area contributed by atoms with Gasteiger partial charge in [-0.05, 0) is 30.4 Å². The molecule has 1 unspecified atom stereocenters. The summed E-state index contributed by atoms with van der Waals surface area (Å²) in [7, 11) is 0. The highest BCUT2D eigenvalue weighted by atomic mass is 35.5. The maximum absolute atomic E-state index is 12.5. The quantitative estimate of drug-likeness (QED) is 0.913. The molecular weight excluding hydrogens is 276 g/mol. The number of hydrogen-bond acceptors (Lipinski definition) is 3.